The maximum atomic E-state index is 11.0. The van der Waals surface area contributed by atoms with Crippen LogP contribution in [0.1, 0.15) is 31.4 Å². The van der Waals surface area contributed by atoms with Crippen molar-refractivity contribution in [1.82, 2.24) is 5.48 Å². The number of para-hydroxylation sites is 2. The molecule has 2 aromatic rings. The highest BCUT2D eigenvalue weighted by Gasteiger charge is 1.97. The van der Waals surface area contributed by atoms with Gasteiger partial charge in [0.05, 0.1) is 17.2 Å². The van der Waals surface area contributed by atoms with Crippen LogP contribution in [0, 0.1) is 0 Å². The minimum absolute atomic E-state index is 0.333. The smallest absolute Gasteiger partial charge is 0.267 e. The molecule has 0 atom stereocenters. The quantitative estimate of drug-likeness (QED) is 0.178. The number of anilines is 1. The van der Waals surface area contributed by atoms with E-state index in [9.17, 15) is 9.18 Å². The molecule has 2 aromatic carbocycles. The Morgan fingerprint density at radius 3 is 2.37 bits per heavy atom. The first kappa shape index (κ1) is 26.5. The van der Waals surface area contributed by atoms with Gasteiger partial charge >= 0.3 is 0 Å². The SMILES string of the molecule is C=C(C)F.C=CCC.CNc1ccccc1N=Cc1cccc(/C=C/C(=O)NO)c1. The molecule has 1 amide bonds. The Bertz CT molecular complexity index is 857. The third-order valence-corrected chi connectivity index (χ3v) is 3.26. The standard InChI is InChI=1S/C17H17N3O2.C4H8.C3H5F/c1-18-15-7-2-3-8-16(15)19-12-14-6-4-5-13(11-14)9-10-17(21)20-22;1-3-4-2;1-3(2)4/h2-12,18,22H,1H3,(H,20,21);3H,1,4H2,2H3;1H2,2H3/b10-9+,19-12?;;. The monoisotopic (exact) mass is 411 g/mol. The van der Waals surface area contributed by atoms with Crippen LogP contribution in [-0.2, 0) is 4.79 Å². The predicted octanol–water partition coefficient (Wildman–Crippen LogP) is 6.07. The third kappa shape index (κ3) is 12.8. The number of allylic oxidation sites excluding steroid dienone is 2. The van der Waals surface area contributed by atoms with Crippen LogP contribution in [0.5, 0.6) is 0 Å². The van der Waals surface area contributed by atoms with E-state index in [-0.39, 0.29) is 5.83 Å². The molecule has 160 valence electrons. The van der Waals surface area contributed by atoms with Crippen molar-refractivity contribution in [3.8, 4) is 0 Å². The fourth-order valence-electron chi connectivity index (χ4n) is 1.89. The molecule has 6 heteroatoms. The zero-order chi connectivity index (χ0) is 22.8. The van der Waals surface area contributed by atoms with E-state index in [0.717, 1.165) is 28.9 Å². The lowest BCUT2D eigenvalue weighted by molar-refractivity contribution is -0.124. The first-order chi connectivity index (χ1) is 14.4. The average molecular weight is 412 g/mol. The molecule has 5 nitrogen and oxygen atoms in total. The summed E-state index contributed by atoms with van der Waals surface area (Å²) in [5.41, 5.74) is 5.11. The first-order valence-electron chi connectivity index (χ1n) is 9.32. The molecule has 30 heavy (non-hydrogen) atoms. The molecule has 0 saturated carbocycles. The summed E-state index contributed by atoms with van der Waals surface area (Å²) in [7, 11) is 1.85. The summed E-state index contributed by atoms with van der Waals surface area (Å²) < 4.78 is 10.8. The molecule has 3 N–H and O–H groups in total. The summed E-state index contributed by atoms with van der Waals surface area (Å²) in [6.45, 7) is 9.74. The van der Waals surface area contributed by atoms with Gasteiger partial charge in [0.25, 0.3) is 5.91 Å². The van der Waals surface area contributed by atoms with Crippen LogP contribution in [0.15, 0.2) is 84.7 Å². The van der Waals surface area contributed by atoms with E-state index in [1.807, 2.05) is 61.7 Å². The molecule has 2 rings (SSSR count). The maximum Gasteiger partial charge on any atom is 0.267 e. The second kappa shape index (κ2) is 16.4. The number of nitrogens with zero attached hydrogens (tertiary/aromatic N) is 1. The highest BCUT2D eigenvalue weighted by atomic mass is 19.1. The van der Waals surface area contributed by atoms with Crippen molar-refractivity contribution in [1.29, 1.82) is 0 Å². The summed E-state index contributed by atoms with van der Waals surface area (Å²) in [6.07, 6.45) is 7.59. The van der Waals surface area contributed by atoms with Gasteiger partial charge in [-0.1, -0.05) is 49.9 Å². The zero-order valence-corrected chi connectivity index (χ0v) is 17.7. The molecule has 0 radical (unpaired) electrons. The predicted molar refractivity (Wildman–Crippen MR) is 125 cm³/mol. The Hall–Kier alpha value is -3.51. The highest BCUT2D eigenvalue weighted by molar-refractivity contribution is 5.91. The zero-order valence-electron chi connectivity index (χ0n) is 17.7. The number of hydrogen-bond donors (Lipinski definition) is 3. The van der Waals surface area contributed by atoms with Gasteiger partial charge in [0.15, 0.2) is 0 Å². The van der Waals surface area contributed by atoms with E-state index in [2.05, 4.69) is 30.4 Å². The summed E-state index contributed by atoms with van der Waals surface area (Å²) >= 11 is 0. The number of hydroxylamine groups is 1. The van der Waals surface area contributed by atoms with Crippen LogP contribution in [0.2, 0.25) is 0 Å². The van der Waals surface area contributed by atoms with Gasteiger partial charge in [0.1, 0.15) is 0 Å². The van der Waals surface area contributed by atoms with E-state index in [4.69, 9.17) is 5.21 Å². The van der Waals surface area contributed by atoms with E-state index in [1.54, 1.807) is 17.8 Å². The van der Waals surface area contributed by atoms with Crippen LogP contribution in [0.3, 0.4) is 0 Å². The Labute approximate surface area is 178 Å². The van der Waals surface area contributed by atoms with Gasteiger partial charge in [-0.2, -0.15) is 0 Å². The van der Waals surface area contributed by atoms with E-state index >= 15 is 0 Å². The molecular formula is C24H30FN3O2. The van der Waals surface area contributed by atoms with Crippen LogP contribution in [-0.4, -0.2) is 24.4 Å². The minimum Gasteiger partial charge on any atom is -0.386 e. The Morgan fingerprint density at radius 1 is 1.20 bits per heavy atom. The van der Waals surface area contributed by atoms with Crippen molar-refractivity contribution in [2.24, 2.45) is 4.99 Å². The van der Waals surface area contributed by atoms with Gasteiger partial charge < -0.3 is 5.32 Å². The maximum absolute atomic E-state index is 11.0. The van der Waals surface area contributed by atoms with E-state index in [0.29, 0.717) is 0 Å². The fourth-order valence-corrected chi connectivity index (χ4v) is 1.89. The number of halogens is 1. The molecule has 0 aliphatic carbocycles. The number of aliphatic imine (C=N–C) groups is 1. The molecule has 0 bridgehead atoms. The average Bonchev–Trinajstić information content (AvgIpc) is 2.76. The number of rotatable bonds is 6. The van der Waals surface area contributed by atoms with E-state index < -0.39 is 5.91 Å². The topological polar surface area (TPSA) is 73.7 Å². The lowest BCUT2D eigenvalue weighted by atomic mass is 10.1. The normalized spacial score (nSPS) is 9.77. The summed E-state index contributed by atoms with van der Waals surface area (Å²) in [5, 5.41) is 11.5. The van der Waals surface area contributed by atoms with Crippen LogP contribution in [0.4, 0.5) is 15.8 Å². The Balaban J connectivity index is 0.000000901. The van der Waals surface area contributed by atoms with Crippen molar-refractivity contribution in [2.75, 3.05) is 12.4 Å². The number of carbonyl (C=O) groups excluding carboxylic acids is 1. The van der Waals surface area contributed by atoms with Crippen LogP contribution in [0.25, 0.3) is 6.08 Å². The lowest BCUT2D eigenvalue weighted by Gasteiger charge is -2.03. The Morgan fingerprint density at radius 2 is 1.80 bits per heavy atom. The molecule has 0 aliphatic heterocycles. The molecule has 0 aliphatic rings. The largest absolute Gasteiger partial charge is 0.386 e. The number of amides is 1. The summed E-state index contributed by atoms with van der Waals surface area (Å²) in [4.78, 5) is 15.4. The van der Waals surface area contributed by atoms with Gasteiger partial charge in [-0.3, -0.25) is 15.0 Å². The minimum atomic E-state index is -0.568. The lowest BCUT2D eigenvalue weighted by Crippen LogP contribution is -2.14. The third-order valence-electron chi connectivity index (χ3n) is 3.26. The fraction of sp³-hybridized carbons (Fsp3) is 0.167. The van der Waals surface area contributed by atoms with Gasteiger partial charge in [0, 0.05) is 19.3 Å². The number of hydrogen-bond acceptors (Lipinski definition) is 4. The molecule has 0 unspecified atom stereocenters. The number of benzene rings is 2. The van der Waals surface area contributed by atoms with Crippen molar-refractivity contribution in [3.63, 3.8) is 0 Å². The number of nitrogens with one attached hydrogen (secondary N) is 2. The van der Waals surface area contributed by atoms with Gasteiger partial charge in [-0.15, -0.1) is 6.58 Å². The molecule has 0 fully saturated rings. The Kier molecular flexibility index (Phi) is 14.5. The van der Waals surface area contributed by atoms with Crippen molar-refractivity contribution in [3.05, 3.63) is 90.8 Å². The highest BCUT2D eigenvalue weighted by Crippen LogP contribution is 2.23. The first-order valence-corrected chi connectivity index (χ1v) is 9.32. The van der Waals surface area contributed by atoms with Gasteiger partial charge in [-0.05, 0) is 48.7 Å². The second-order valence-corrected chi connectivity index (χ2v) is 5.88. The van der Waals surface area contributed by atoms with Crippen molar-refractivity contribution >= 4 is 29.6 Å². The molecule has 0 aromatic heterocycles. The molecule has 0 saturated heterocycles. The van der Waals surface area contributed by atoms with Crippen molar-refractivity contribution < 1.29 is 14.4 Å². The van der Waals surface area contributed by atoms with Crippen molar-refractivity contribution in [2.45, 2.75) is 20.3 Å². The van der Waals surface area contributed by atoms with Gasteiger partial charge in [0.2, 0.25) is 0 Å². The summed E-state index contributed by atoms with van der Waals surface area (Å²) in [5.74, 6) is -0.901. The van der Waals surface area contributed by atoms with Crippen LogP contribution >= 0.6 is 0 Å². The van der Waals surface area contributed by atoms with Gasteiger partial charge in [-0.25, -0.2) is 9.87 Å². The summed E-state index contributed by atoms with van der Waals surface area (Å²) in [6, 6.07) is 15.3. The number of carbonyl (C=O) groups is 1. The van der Waals surface area contributed by atoms with E-state index in [1.165, 1.54) is 13.0 Å². The molecule has 0 spiro atoms. The molecule has 0 heterocycles. The second-order valence-electron chi connectivity index (χ2n) is 5.88. The van der Waals surface area contributed by atoms with Crippen LogP contribution < -0.4 is 10.8 Å². The molecular weight excluding hydrogens is 381 g/mol.